The highest BCUT2D eigenvalue weighted by molar-refractivity contribution is 6.31. The molecule has 0 spiro atoms. The number of piperazine rings is 1. The summed E-state index contributed by atoms with van der Waals surface area (Å²) in [4.78, 5) is 39.8. The zero-order valence-corrected chi connectivity index (χ0v) is 27.2. The maximum Gasteiger partial charge on any atom is 0.251 e. The van der Waals surface area contributed by atoms with Gasteiger partial charge < -0.3 is 25.2 Å². The number of hydrogen-bond donors (Lipinski definition) is 3. The van der Waals surface area contributed by atoms with Crippen molar-refractivity contribution in [3.63, 3.8) is 0 Å². The lowest BCUT2D eigenvalue weighted by molar-refractivity contribution is -0.119. The van der Waals surface area contributed by atoms with E-state index in [-0.39, 0.29) is 17.7 Å². The highest BCUT2D eigenvalue weighted by Gasteiger charge is 2.21. The molecule has 1 fully saturated rings. The molecule has 5 aromatic rings. The zero-order valence-electron chi connectivity index (χ0n) is 26.4. The minimum absolute atomic E-state index is 0.0222. The van der Waals surface area contributed by atoms with Crippen LogP contribution in [0.3, 0.4) is 0 Å². The Hall–Kier alpha value is -4.96. The fourth-order valence-corrected chi connectivity index (χ4v) is 5.81. The molecule has 0 atom stereocenters. The number of aromatic amines is 1. The maximum absolute atomic E-state index is 13.0. The maximum atomic E-state index is 13.0. The van der Waals surface area contributed by atoms with Crippen LogP contribution in [-0.2, 0) is 11.3 Å². The van der Waals surface area contributed by atoms with Crippen LogP contribution in [0.15, 0.2) is 102 Å². The Morgan fingerprint density at radius 3 is 2.32 bits per heavy atom. The van der Waals surface area contributed by atoms with E-state index in [2.05, 4.69) is 27.1 Å². The SMILES string of the molecule is CN1CCN(CC(=O)N(C)c2ccc(N=C(c3ccc(CNC(=O)c4ccccc4)cc3)c3c(O)[nH]c4cc(Cl)ccc34)cc2)CC1. The first-order valence-corrected chi connectivity index (χ1v) is 15.9. The number of nitrogens with zero attached hydrogens (tertiary/aromatic N) is 4. The number of aromatic hydroxyl groups is 1. The fraction of sp³-hybridized carbons (Fsp3) is 0.216. The lowest BCUT2D eigenvalue weighted by Gasteiger charge is -2.32. The van der Waals surface area contributed by atoms with Crippen molar-refractivity contribution in [2.75, 3.05) is 51.7 Å². The number of fused-ring (bicyclic) bond motifs is 1. The largest absolute Gasteiger partial charge is 0.494 e. The van der Waals surface area contributed by atoms with Crippen LogP contribution in [0.2, 0.25) is 5.02 Å². The monoisotopic (exact) mass is 648 g/mol. The van der Waals surface area contributed by atoms with Crippen LogP contribution in [-0.4, -0.2) is 84.2 Å². The predicted molar refractivity (Wildman–Crippen MR) is 188 cm³/mol. The molecule has 1 aliphatic heterocycles. The Morgan fingerprint density at radius 1 is 0.915 bits per heavy atom. The summed E-state index contributed by atoms with van der Waals surface area (Å²) in [5, 5.41) is 15.4. The predicted octanol–water partition coefficient (Wildman–Crippen LogP) is 5.84. The number of carbonyl (C=O) groups is 2. The van der Waals surface area contributed by atoms with Crippen LogP contribution in [0.4, 0.5) is 11.4 Å². The van der Waals surface area contributed by atoms with Gasteiger partial charge in [-0.2, -0.15) is 0 Å². The van der Waals surface area contributed by atoms with Gasteiger partial charge in [0.2, 0.25) is 5.91 Å². The summed E-state index contributed by atoms with van der Waals surface area (Å²) in [5.41, 5.74) is 5.52. The van der Waals surface area contributed by atoms with Crippen LogP contribution in [0.1, 0.15) is 27.0 Å². The number of likely N-dealkylation sites (N-methyl/N-ethyl adjacent to an activating group) is 2. The minimum Gasteiger partial charge on any atom is -0.494 e. The van der Waals surface area contributed by atoms with Crippen molar-refractivity contribution in [2.45, 2.75) is 6.54 Å². The van der Waals surface area contributed by atoms with Gasteiger partial charge in [-0.1, -0.05) is 60.1 Å². The third-order valence-electron chi connectivity index (χ3n) is 8.50. The van der Waals surface area contributed by atoms with E-state index < -0.39 is 0 Å². The van der Waals surface area contributed by atoms with Crippen molar-refractivity contribution in [3.05, 3.63) is 124 Å². The summed E-state index contributed by atoms with van der Waals surface area (Å²) in [6, 6.07) is 29.7. The van der Waals surface area contributed by atoms with Gasteiger partial charge in [0, 0.05) is 67.0 Å². The smallest absolute Gasteiger partial charge is 0.251 e. The average Bonchev–Trinajstić information content (AvgIpc) is 3.41. The van der Waals surface area contributed by atoms with Gasteiger partial charge in [-0.15, -0.1) is 0 Å². The van der Waals surface area contributed by atoms with E-state index in [1.807, 2.05) is 72.8 Å². The Morgan fingerprint density at radius 2 is 1.62 bits per heavy atom. The van der Waals surface area contributed by atoms with E-state index in [1.54, 1.807) is 36.2 Å². The zero-order chi connectivity index (χ0) is 32.9. The van der Waals surface area contributed by atoms with Gasteiger partial charge >= 0.3 is 0 Å². The standard InChI is InChI=1S/C37H37ClN6O3/c1-42-18-20-44(21-19-42)24-33(45)43(2)30-15-13-29(14-16-30)40-35(34-31-17-12-28(38)22-32(31)41-37(34)47)26-10-8-25(9-11-26)23-39-36(46)27-6-4-3-5-7-27/h3-17,22,41,47H,18-21,23-24H2,1-2H3,(H,39,46). The van der Waals surface area contributed by atoms with Crippen molar-refractivity contribution in [1.82, 2.24) is 20.1 Å². The highest BCUT2D eigenvalue weighted by atomic mass is 35.5. The molecule has 10 heteroatoms. The number of nitrogens with one attached hydrogen (secondary N) is 2. The van der Waals surface area contributed by atoms with Gasteiger partial charge in [-0.3, -0.25) is 14.5 Å². The van der Waals surface area contributed by atoms with E-state index >= 15 is 0 Å². The molecule has 6 rings (SSSR count). The van der Waals surface area contributed by atoms with Crippen LogP contribution in [0.5, 0.6) is 5.88 Å². The first kappa shape index (κ1) is 32.0. The molecule has 2 amide bonds. The van der Waals surface area contributed by atoms with Crippen LogP contribution >= 0.6 is 11.6 Å². The molecule has 9 nitrogen and oxygen atoms in total. The first-order chi connectivity index (χ1) is 22.7. The molecule has 3 N–H and O–H groups in total. The number of benzene rings is 4. The molecule has 4 aromatic carbocycles. The van der Waals surface area contributed by atoms with E-state index in [9.17, 15) is 14.7 Å². The number of aliphatic imine (C=N–C) groups is 1. The Balaban J connectivity index is 1.26. The van der Waals surface area contributed by atoms with E-state index in [0.29, 0.717) is 46.2 Å². The second kappa shape index (κ2) is 14.2. The molecule has 0 aliphatic carbocycles. The molecule has 2 heterocycles. The first-order valence-electron chi connectivity index (χ1n) is 15.5. The molecule has 0 radical (unpaired) electrons. The van der Waals surface area contributed by atoms with E-state index in [0.717, 1.165) is 48.4 Å². The molecular weight excluding hydrogens is 612 g/mol. The van der Waals surface area contributed by atoms with E-state index in [1.165, 1.54) is 0 Å². The number of anilines is 1. The Bertz CT molecular complexity index is 1900. The third-order valence-corrected chi connectivity index (χ3v) is 8.74. The summed E-state index contributed by atoms with van der Waals surface area (Å²) in [5.74, 6) is -0.130. The molecule has 1 aromatic heterocycles. The number of halogens is 1. The molecule has 1 saturated heterocycles. The van der Waals surface area contributed by atoms with Crippen LogP contribution in [0.25, 0.3) is 10.9 Å². The van der Waals surface area contributed by atoms with Gasteiger partial charge in [-0.05, 0) is 61.1 Å². The van der Waals surface area contributed by atoms with Gasteiger partial charge in [-0.25, -0.2) is 4.99 Å². The van der Waals surface area contributed by atoms with Crippen molar-refractivity contribution in [2.24, 2.45) is 4.99 Å². The van der Waals surface area contributed by atoms with E-state index in [4.69, 9.17) is 16.6 Å². The minimum atomic E-state index is -0.144. The Labute approximate surface area is 279 Å². The summed E-state index contributed by atoms with van der Waals surface area (Å²) in [6.07, 6.45) is 0. The molecule has 0 saturated carbocycles. The number of carbonyl (C=O) groups excluding carboxylic acids is 2. The molecule has 47 heavy (non-hydrogen) atoms. The summed E-state index contributed by atoms with van der Waals surface area (Å²) in [6.45, 7) is 4.41. The quantitative estimate of drug-likeness (QED) is 0.174. The molecule has 0 unspecified atom stereocenters. The van der Waals surface area contributed by atoms with Crippen molar-refractivity contribution in [1.29, 1.82) is 0 Å². The summed E-state index contributed by atoms with van der Waals surface area (Å²) in [7, 11) is 3.89. The topological polar surface area (TPSA) is 104 Å². The molecular formula is C37H37ClN6O3. The van der Waals surface area contributed by atoms with Crippen LogP contribution < -0.4 is 10.2 Å². The number of H-pyrrole nitrogens is 1. The highest BCUT2D eigenvalue weighted by Crippen LogP contribution is 2.33. The van der Waals surface area contributed by atoms with Gasteiger partial charge in [0.05, 0.1) is 29.0 Å². The molecule has 1 aliphatic rings. The Kier molecular flexibility index (Phi) is 9.68. The lowest BCUT2D eigenvalue weighted by Crippen LogP contribution is -2.48. The fourth-order valence-electron chi connectivity index (χ4n) is 5.64. The number of hydrogen-bond acceptors (Lipinski definition) is 6. The molecule has 240 valence electrons. The number of amides is 2. The van der Waals surface area contributed by atoms with Gasteiger partial charge in [0.1, 0.15) is 0 Å². The normalized spacial score (nSPS) is 14.3. The van der Waals surface area contributed by atoms with Gasteiger partial charge in [0.25, 0.3) is 5.91 Å². The van der Waals surface area contributed by atoms with Crippen LogP contribution in [0, 0.1) is 0 Å². The third kappa shape index (κ3) is 7.55. The second-order valence-electron chi connectivity index (χ2n) is 11.8. The number of rotatable bonds is 9. The summed E-state index contributed by atoms with van der Waals surface area (Å²) < 4.78 is 0. The van der Waals surface area contributed by atoms with Crippen molar-refractivity contribution >= 4 is 51.4 Å². The lowest BCUT2D eigenvalue weighted by atomic mass is 9.99. The van der Waals surface area contributed by atoms with Crippen molar-refractivity contribution < 1.29 is 14.7 Å². The molecule has 0 bridgehead atoms. The van der Waals surface area contributed by atoms with Crippen molar-refractivity contribution in [3.8, 4) is 5.88 Å². The number of aromatic nitrogens is 1. The van der Waals surface area contributed by atoms with Gasteiger partial charge in [0.15, 0.2) is 5.88 Å². The average molecular weight is 649 g/mol. The summed E-state index contributed by atoms with van der Waals surface area (Å²) >= 11 is 6.24. The second-order valence-corrected chi connectivity index (χ2v) is 12.2.